The molecular formula is C12H12ClFO2. The van der Waals surface area contributed by atoms with Crippen molar-refractivity contribution in [3.8, 4) is 0 Å². The molecular weight excluding hydrogens is 231 g/mol. The van der Waals surface area contributed by atoms with Gasteiger partial charge in [-0.3, -0.25) is 4.79 Å². The van der Waals surface area contributed by atoms with Gasteiger partial charge < -0.3 is 5.11 Å². The van der Waals surface area contributed by atoms with Gasteiger partial charge in [0.1, 0.15) is 5.82 Å². The number of halogens is 2. The van der Waals surface area contributed by atoms with Gasteiger partial charge in [-0.15, -0.1) is 0 Å². The van der Waals surface area contributed by atoms with E-state index in [2.05, 4.69) is 0 Å². The van der Waals surface area contributed by atoms with E-state index in [0.29, 0.717) is 23.4 Å². The molecule has 1 aromatic carbocycles. The summed E-state index contributed by atoms with van der Waals surface area (Å²) in [4.78, 5) is 11.3. The molecule has 1 aliphatic rings. The molecule has 0 unspecified atom stereocenters. The first kappa shape index (κ1) is 11.4. The minimum Gasteiger partial charge on any atom is -0.481 e. The van der Waals surface area contributed by atoms with Crippen LogP contribution in [0, 0.1) is 12.7 Å². The van der Waals surface area contributed by atoms with Crippen molar-refractivity contribution >= 4 is 17.6 Å². The molecule has 2 rings (SSSR count). The predicted molar refractivity (Wildman–Crippen MR) is 59.3 cm³/mol. The number of carboxylic acids is 1. The summed E-state index contributed by atoms with van der Waals surface area (Å²) >= 11 is 5.92. The van der Waals surface area contributed by atoms with Gasteiger partial charge in [-0.2, -0.15) is 0 Å². The Bertz CT molecular complexity index is 453. The highest BCUT2D eigenvalue weighted by atomic mass is 35.5. The van der Waals surface area contributed by atoms with Crippen LogP contribution in [0.1, 0.15) is 30.4 Å². The lowest BCUT2D eigenvalue weighted by molar-refractivity contribution is -0.147. The summed E-state index contributed by atoms with van der Waals surface area (Å²) in [6, 6.07) is 2.71. The average Bonchev–Trinajstić information content (AvgIpc) is 2.15. The second kappa shape index (κ2) is 3.74. The Balaban J connectivity index is 2.63. The van der Waals surface area contributed by atoms with E-state index in [1.807, 2.05) is 0 Å². The van der Waals surface area contributed by atoms with Gasteiger partial charge in [0, 0.05) is 10.6 Å². The first-order chi connectivity index (χ1) is 7.49. The number of carbonyl (C=O) groups is 1. The molecule has 0 amide bonds. The Morgan fingerprint density at radius 3 is 2.56 bits per heavy atom. The Morgan fingerprint density at radius 2 is 2.12 bits per heavy atom. The van der Waals surface area contributed by atoms with Gasteiger partial charge in [0.2, 0.25) is 0 Å². The average molecular weight is 243 g/mol. The Hall–Kier alpha value is -1.09. The van der Waals surface area contributed by atoms with Crippen molar-refractivity contribution in [3.05, 3.63) is 34.1 Å². The molecule has 0 spiro atoms. The molecule has 2 nitrogen and oxygen atoms in total. The van der Waals surface area contributed by atoms with Crippen LogP contribution in [-0.2, 0) is 10.2 Å². The van der Waals surface area contributed by atoms with Crippen molar-refractivity contribution in [1.29, 1.82) is 0 Å². The highest BCUT2D eigenvalue weighted by Crippen LogP contribution is 2.47. The van der Waals surface area contributed by atoms with Crippen molar-refractivity contribution < 1.29 is 14.3 Å². The molecule has 1 aliphatic carbocycles. The molecule has 1 N–H and O–H groups in total. The molecule has 4 heteroatoms. The minimum atomic E-state index is -1.06. The second-order valence-electron chi connectivity index (χ2n) is 4.27. The molecule has 0 bridgehead atoms. The molecule has 86 valence electrons. The van der Waals surface area contributed by atoms with Crippen molar-refractivity contribution in [2.45, 2.75) is 31.6 Å². The number of hydrogen-bond acceptors (Lipinski definition) is 1. The van der Waals surface area contributed by atoms with Crippen LogP contribution < -0.4 is 0 Å². The zero-order valence-corrected chi connectivity index (χ0v) is 9.64. The third kappa shape index (κ3) is 1.42. The van der Waals surface area contributed by atoms with Crippen LogP contribution in [0.25, 0.3) is 0 Å². The van der Waals surface area contributed by atoms with E-state index in [4.69, 9.17) is 11.6 Å². The minimum absolute atomic E-state index is 0.263. The lowest BCUT2D eigenvalue weighted by atomic mass is 9.63. The number of benzene rings is 1. The number of hydrogen-bond donors (Lipinski definition) is 1. The van der Waals surface area contributed by atoms with Gasteiger partial charge in [-0.25, -0.2) is 4.39 Å². The molecule has 16 heavy (non-hydrogen) atoms. The Kier molecular flexibility index (Phi) is 2.66. The molecule has 0 atom stereocenters. The highest BCUT2D eigenvalue weighted by Gasteiger charge is 2.48. The Labute approximate surface area is 98.0 Å². The highest BCUT2D eigenvalue weighted by molar-refractivity contribution is 6.31. The monoisotopic (exact) mass is 242 g/mol. The van der Waals surface area contributed by atoms with E-state index in [1.54, 1.807) is 6.92 Å². The molecule has 0 heterocycles. The third-order valence-corrected chi connectivity index (χ3v) is 3.85. The zero-order chi connectivity index (χ0) is 11.9. The Morgan fingerprint density at radius 1 is 1.50 bits per heavy atom. The van der Waals surface area contributed by atoms with Crippen molar-refractivity contribution in [2.75, 3.05) is 0 Å². The summed E-state index contributed by atoms with van der Waals surface area (Å²) in [7, 11) is 0. The maximum absolute atomic E-state index is 13.8. The van der Waals surface area contributed by atoms with Gasteiger partial charge in [0.05, 0.1) is 5.41 Å². The normalized spacial score (nSPS) is 17.9. The number of aliphatic carboxylic acids is 1. The van der Waals surface area contributed by atoms with E-state index in [0.717, 1.165) is 6.42 Å². The maximum Gasteiger partial charge on any atom is 0.314 e. The van der Waals surface area contributed by atoms with Crippen molar-refractivity contribution in [1.82, 2.24) is 0 Å². The van der Waals surface area contributed by atoms with Gasteiger partial charge >= 0.3 is 5.97 Å². The molecule has 0 aromatic heterocycles. The summed E-state index contributed by atoms with van der Waals surface area (Å²) in [5.74, 6) is -1.42. The van der Waals surface area contributed by atoms with Crippen LogP contribution >= 0.6 is 11.6 Å². The zero-order valence-electron chi connectivity index (χ0n) is 8.89. The van der Waals surface area contributed by atoms with E-state index in [-0.39, 0.29) is 5.56 Å². The smallest absolute Gasteiger partial charge is 0.314 e. The first-order valence-electron chi connectivity index (χ1n) is 5.17. The summed E-state index contributed by atoms with van der Waals surface area (Å²) in [5.41, 5.74) is -0.249. The van der Waals surface area contributed by atoms with E-state index in [1.165, 1.54) is 12.1 Å². The summed E-state index contributed by atoms with van der Waals surface area (Å²) in [6.45, 7) is 1.67. The fourth-order valence-electron chi connectivity index (χ4n) is 2.34. The van der Waals surface area contributed by atoms with Gasteiger partial charge in [-0.05, 0) is 37.5 Å². The van der Waals surface area contributed by atoms with E-state index < -0.39 is 17.2 Å². The number of carboxylic acid groups (broad SMARTS) is 1. The lowest BCUT2D eigenvalue weighted by Crippen LogP contribution is -2.43. The van der Waals surface area contributed by atoms with E-state index >= 15 is 0 Å². The fraction of sp³-hybridized carbons (Fsp3) is 0.417. The van der Waals surface area contributed by atoms with Gasteiger partial charge in [-0.1, -0.05) is 18.0 Å². The third-order valence-electron chi connectivity index (χ3n) is 3.44. The lowest BCUT2D eigenvalue weighted by Gasteiger charge is -2.39. The van der Waals surface area contributed by atoms with Crippen LogP contribution in [0.15, 0.2) is 12.1 Å². The van der Waals surface area contributed by atoms with E-state index in [9.17, 15) is 14.3 Å². The molecule has 0 radical (unpaired) electrons. The van der Waals surface area contributed by atoms with Crippen LogP contribution in [0.2, 0.25) is 5.02 Å². The molecule has 0 aliphatic heterocycles. The SMILES string of the molecule is Cc1c(Cl)ccc(F)c1C1(C(=O)O)CCC1. The topological polar surface area (TPSA) is 37.3 Å². The molecule has 1 aromatic rings. The van der Waals surface area contributed by atoms with Gasteiger partial charge in [0.25, 0.3) is 0 Å². The second-order valence-corrected chi connectivity index (χ2v) is 4.68. The largest absolute Gasteiger partial charge is 0.481 e. The first-order valence-corrected chi connectivity index (χ1v) is 5.55. The summed E-state index contributed by atoms with van der Waals surface area (Å²) in [6.07, 6.45) is 1.79. The standard InChI is InChI=1S/C12H12ClFO2/c1-7-8(13)3-4-9(14)10(7)12(11(15)16)5-2-6-12/h3-4H,2,5-6H2,1H3,(H,15,16). The van der Waals surface area contributed by atoms with Crippen molar-refractivity contribution in [3.63, 3.8) is 0 Å². The quantitative estimate of drug-likeness (QED) is 0.864. The van der Waals surface area contributed by atoms with Gasteiger partial charge in [0.15, 0.2) is 0 Å². The van der Waals surface area contributed by atoms with Crippen LogP contribution in [0.3, 0.4) is 0 Å². The predicted octanol–water partition coefficient (Wildman–Crippen LogP) is 3.29. The van der Waals surface area contributed by atoms with Crippen LogP contribution in [0.4, 0.5) is 4.39 Å². The maximum atomic E-state index is 13.8. The van der Waals surface area contributed by atoms with Crippen LogP contribution in [0.5, 0.6) is 0 Å². The summed E-state index contributed by atoms with van der Waals surface area (Å²) < 4.78 is 13.8. The van der Waals surface area contributed by atoms with Crippen LogP contribution in [-0.4, -0.2) is 11.1 Å². The molecule has 1 fully saturated rings. The number of rotatable bonds is 2. The van der Waals surface area contributed by atoms with Crippen molar-refractivity contribution in [2.24, 2.45) is 0 Å². The fourth-order valence-corrected chi connectivity index (χ4v) is 2.50. The summed E-state index contributed by atoms with van der Waals surface area (Å²) in [5, 5.41) is 9.69. The molecule has 1 saturated carbocycles. The molecule has 0 saturated heterocycles.